The van der Waals surface area contributed by atoms with Crippen LogP contribution in [0.3, 0.4) is 0 Å². The van der Waals surface area contributed by atoms with E-state index in [0.717, 1.165) is 11.3 Å². The van der Waals surface area contributed by atoms with Gasteiger partial charge in [0.1, 0.15) is 5.15 Å². The third-order valence-electron chi connectivity index (χ3n) is 4.17. The molecule has 0 saturated carbocycles. The second-order valence-electron chi connectivity index (χ2n) is 5.88. The molecule has 1 aliphatic heterocycles. The van der Waals surface area contributed by atoms with Gasteiger partial charge in [0.15, 0.2) is 0 Å². The zero-order valence-electron chi connectivity index (χ0n) is 13.6. The van der Waals surface area contributed by atoms with Gasteiger partial charge < -0.3 is 5.32 Å². The molecule has 0 radical (unpaired) electrons. The third kappa shape index (κ3) is 2.90. The van der Waals surface area contributed by atoms with Crippen molar-refractivity contribution in [2.75, 3.05) is 5.32 Å². The maximum Gasteiger partial charge on any atom is 0.256 e. The molecule has 0 unspecified atom stereocenters. The number of carbonyl (C=O) groups excluding carboxylic acids is 1. The Morgan fingerprint density at radius 1 is 1.04 bits per heavy atom. The zero-order valence-corrected chi connectivity index (χ0v) is 15.8. The number of rotatable bonds is 2. The van der Waals surface area contributed by atoms with E-state index in [1.807, 2.05) is 25.1 Å². The van der Waals surface area contributed by atoms with Gasteiger partial charge in [-0.25, -0.2) is 4.68 Å². The molecule has 0 bridgehead atoms. The number of nitrogens with zero attached hydrogens (tertiary/aromatic N) is 2. The summed E-state index contributed by atoms with van der Waals surface area (Å²) >= 11 is 18.5. The highest BCUT2D eigenvalue weighted by molar-refractivity contribution is 6.38. The number of aromatic nitrogens is 2. The van der Waals surface area contributed by atoms with E-state index in [9.17, 15) is 4.79 Å². The number of halogens is 3. The number of aryl methyl sites for hydroxylation is 1. The molecule has 4 rings (SSSR count). The second-order valence-corrected chi connectivity index (χ2v) is 7.11. The number of hydrogen-bond donors (Lipinski definition) is 1. The Morgan fingerprint density at radius 2 is 1.73 bits per heavy atom. The molecule has 0 spiro atoms. The highest BCUT2D eigenvalue weighted by Gasteiger charge is 2.25. The molecule has 2 heterocycles. The summed E-state index contributed by atoms with van der Waals surface area (Å²) in [6, 6.07) is 12.5. The number of nitrogens with one attached hydrogen (secondary N) is 1. The Labute approximate surface area is 165 Å². The Kier molecular flexibility index (Phi) is 4.27. The minimum absolute atomic E-state index is 0.197. The quantitative estimate of drug-likeness (QED) is 0.562. The molecule has 3 aromatic rings. The van der Waals surface area contributed by atoms with Crippen molar-refractivity contribution < 1.29 is 4.79 Å². The SMILES string of the molecule is Cc1nn(-c2ccc(Cl)cc2)c(Cl)c1/C=C1\C(=O)Nc2cc(Cl)ccc21. The maximum atomic E-state index is 12.4. The van der Waals surface area contributed by atoms with Gasteiger partial charge in [-0.1, -0.05) is 40.9 Å². The lowest BCUT2D eigenvalue weighted by Crippen LogP contribution is -2.03. The van der Waals surface area contributed by atoms with Gasteiger partial charge >= 0.3 is 0 Å². The minimum Gasteiger partial charge on any atom is -0.321 e. The van der Waals surface area contributed by atoms with Crippen LogP contribution in [0.4, 0.5) is 5.69 Å². The van der Waals surface area contributed by atoms with E-state index in [4.69, 9.17) is 34.8 Å². The largest absolute Gasteiger partial charge is 0.321 e. The van der Waals surface area contributed by atoms with E-state index in [-0.39, 0.29) is 5.91 Å². The normalized spacial score (nSPS) is 14.6. The Balaban J connectivity index is 1.82. The van der Waals surface area contributed by atoms with E-state index in [2.05, 4.69) is 10.4 Å². The molecule has 1 amide bonds. The number of carbonyl (C=O) groups is 1. The highest BCUT2D eigenvalue weighted by atomic mass is 35.5. The number of anilines is 1. The average molecular weight is 405 g/mol. The van der Waals surface area contributed by atoms with Crippen LogP contribution >= 0.6 is 34.8 Å². The Hall–Kier alpha value is -2.27. The summed E-state index contributed by atoms with van der Waals surface area (Å²) in [6.07, 6.45) is 1.76. The lowest BCUT2D eigenvalue weighted by Gasteiger charge is -2.03. The molecule has 130 valence electrons. The van der Waals surface area contributed by atoms with Crippen molar-refractivity contribution in [2.45, 2.75) is 6.92 Å². The van der Waals surface area contributed by atoms with Crippen molar-refractivity contribution in [1.82, 2.24) is 9.78 Å². The van der Waals surface area contributed by atoms with Gasteiger partial charge in [0.05, 0.1) is 17.1 Å². The van der Waals surface area contributed by atoms with Gasteiger partial charge in [-0.05, 0) is 49.4 Å². The average Bonchev–Trinajstić information content (AvgIpc) is 3.06. The predicted molar refractivity (Wildman–Crippen MR) is 106 cm³/mol. The van der Waals surface area contributed by atoms with Crippen LogP contribution in [0.15, 0.2) is 42.5 Å². The van der Waals surface area contributed by atoms with E-state index in [1.165, 1.54) is 0 Å². The molecule has 26 heavy (non-hydrogen) atoms. The van der Waals surface area contributed by atoms with Crippen LogP contribution in [0, 0.1) is 6.92 Å². The molecule has 0 fully saturated rings. The fourth-order valence-corrected chi connectivity index (χ4v) is 3.51. The molecule has 0 saturated heterocycles. The van der Waals surface area contributed by atoms with Gasteiger partial charge in [-0.15, -0.1) is 0 Å². The summed E-state index contributed by atoms with van der Waals surface area (Å²) < 4.78 is 1.62. The van der Waals surface area contributed by atoms with Gasteiger partial charge in [-0.3, -0.25) is 4.79 Å². The summed E-state index contributed by atoms with van der Waals surface area (Å²) in [5.74, 6) is -0.197. The first-order chi connectivity index (χ1) is 12.4. The molecule has 4 nitrogen and oxygen atoms in total. The Bertz CT molecular complexity index is 1070. The number of benzene rings is 2. The topological polar surface area (TPSA) is 46.9 Å². The zero-order chi connectivity index (χ0) is 18.4. The summed E-state index contributed by atoms with van der Waals surface area (Å²) in [5, 5.41) is 8.93. The molecular formula is C19H12Cl3N3O. The van der Waals surface area contributed by atoms with E-state index >= 15 is 0 Å². The van der Waals surface area contributed by atoms with Crippen LogP contribution in [-0.2, 0) is 4.79 Å². The Morgan fingerprint density at radius 3 is 2.46 bits per heavy atom. The smallest absolute Gasteiger partial charge is 0.256 e. The van der Waals surface area contributed by atoms with Crippen LogP contribution in [-0.4, -0.2) is 15.7 Å². The standard InChI is InChI=1S/C19H12Cl3N3O/c1-10-15(18(22)25(24-10)13-5-2-11(20)3-6-13)9-16-14-7-4-12(21)8-17(14)23-19(16)26/h2-9H,1H3,(H,23,26)/b16-9-. The number of amides is 1. The minimum atomic E-state index is -0.197. The van der Waals surface area contributed by atoms with Crippen LogP contribution in [0.1, 0.15) is 16.8 Å². The van der Waals surface area contributed by atoms with Gasteiger partial charge in [-0.2, -0.15) is 5.10 Å². The summed E-state index contributed by atoms with van der Waals surface area (Å²) in [6.45, 7) is 1.85. The summed E-state index contributed by atoms with van der Waals surface area (Å²) in [7, 11) is 0. The lowest BCUT2D eigenvalue weighted by atomic mass is 10.0. The fourth-order valence-electron chi connectivity index (χ4n) is 2.88. The van der Waals surface area contributed by atoms with E-state index in [0.29, 0.717) is 37.7 Å². The van der Waals surface area contributed by atoms with Gasteiger partial charge in [0, 0.05) is 26.7 Å². The van der Waals surface area contributed by atoms with Crippen molar-refractivity contribution in [3.05, 3.63) is 74.5 Å². The lowest BCUT2D eigenvalue weighted by molar-refractivity contribution is -0.110. The van der Waals surface area contributed by atoms with Gasteiger partial charge in [0.2, 0.25) is 0 Å². The maximum absolute atomic E-state index is 12.4. The molecule has 1 aliphatic rings. The molecule has 0 atom stereocenters. The van der Waals surface area contributed by atoms with Crippen LogP contribution in [0.5, 0.6) is 0 Å². The molecule has 1 aromatic heterocycles. The summed E-state index contributed by atoms with van der Waals surface area (Å²) in [5.41, 5.74) is 4.19. The van der Waals surface area contributed by atoms with Crippen LogP contribution in [0.25, 0.3) is 17.3 Å². The van der Waals surface area contributed by atoms with Crippen molar-refractivity contribution in [2.24, 2.45) is 0 Å². The van der Waals surface area contributed by atoms with Crippen molar-refractivity contribution in [1.29, 1.82) is 0 Å². The summed E-state index contributed by atoms with van der Waals surface area (Å²) in [4.78, 5) is 12.4. The molecule has 1 N–H and O–H groups in total. The van der Waals surface area contributed by atoms with Crippen molar-refractivity contribution in [3.63, 3.8) is 0 Å². The van der Waals surface area contributed by atoms with Crippen molar-refractivity contribution >= 4 is 58.0 Å². The van der Waals surface area contributed by atoms with Crippen molar-refractivity contribution in [3.8, 4) is 5.69 Å². The monoisotopic (exact) mass is 403 g/mol. The van der Waals surface area contributed by atoms with Crippen LogP contribution < -0.4 is 5.32 Å². The van der Waals surface area contributed by atoms with E-state index < -0.39 is 0 Å². The third-order valence-corrected chi connectivity index (χ3v) is 5.02. The second kappa shape index (κ2) is 6.47. The fraction of sp³-hybridized carbons (Fsp3) is 0.0526. The van der Waals surface area contributed by atoms with Gasteiger partial charge in [0.25, 0.3) is 5.91 Å². The molecule has 2 aromatic carbocycles. The first-order valence-corrected chi connectivity index (χ1v) is 8.91. The number of fused-ring (bicyclic) bond motifs is 1. The molecular weight excluding hydrogens is 393 g/mol. The molecule has 7 heteroatoms. The molecule has 0 aliphatic carbocycles. The first-order valence-electron chi connectivity index (χ1n) is 7.78. The first kappa shape index (κ1) is 17.2. The van der Waals surface area contributed by atoms with E-state index in [1.54, 1.807) is 35.0 Å². The number of hydrogen-bond acceptors (Lipinski definition) is 2. The predicted octanol–water partition coefficient (Wildman–Crippen LogP) is 5.63. The van der Waals surface area contributed by atoms with Crippen LogP contribution in [0.2, 0.25) is 15.2 Å². The highest BCUT2D eigenvalue weighted by Crippen LogP contribution is 2.36.